The van der Waals surface area contributed by atoms with Gasteiger partial charge in [-0.05, 0) is 19.3 Å². The molecule has 3 unspecified atom stereocenters. The summed E-state index contributed by atoms with van der Waals surface area (Å²) < 4.78 is 0. The number of unbranched alkanes of at least 4 members (excludes halogenated alkanes) is 1. The highest BCUT2D eigenvalue weighted by Crippen LogP contribution is 2.19. The molecule has 1 aliphatic heterocycles. The molecule has 16 heavy (non-hydrogen) atoms. The second-order valence-electron chi connectivity index (χ2n) is 5.02. The highest BCUT2D eigenvalue weighted by Gasteiger charge is 2.35. The maximum atomic E-state index is 12.2. The fourth-order valence-corrected chi connectivity index (χ4v) is 2.25. The Labute approximate surface area is 99.6 Å². The molecule has 3 heteroatoms. The van der Waals surface area contributed by atoms with Gasteiger partial charge in [-0.15, -0.1) is 0 Å². The molecule has 0 spiro atoms. The van der Waals surface area contributed by atoms with Gasteiger partial charge in [-0.2, -0.15) is 0 Å². The fraction of sp³-hybridized carbons (Fsp3) is 0.923. The van der Waals surface area contributed by atoms with Crippen LogP contribution in [0.15, 0.2) is 0 Å². The minimum atomic E-state index is 0.0501. The van der Waals surface area contributed by atoms with E-state index < -0.39 is 0 Å². The first-order valence-corrected chi connectivity index (χ1v) is 6.65. The number of rotatable bonds is 6. The van der Waals surface area contributed by atoms with Gasteiger partial charge >= 0.3 is 0 Å². The lowest BCUT2D eigenvalue weighted by molar-refractivity contribution is -0.131. The van der Waals surface area contributed by atoms with Crippen LogP contribution in [0.5, 0.6) is 0 Å². The van der Waals surface area contributed by atoms with Crippen LogP contribution in [0.1, 0.15) is 53.4 Å². The highest BCUT2D eigenvalue weighted by atomic mass is 16.2. The molecule has 0 bridgehead atoms. The van der Waals surface area contributed by atoms with Crippen LogP contribution in [-0.2, 0) is 4.79 Å². The first-order valence-electron chi connectivity index (χ1n) is 6.65. The van der Waals surface area contributed by atoms with Gasteiger partial charge in [0.1, 0.15) is 0 Å². The smallest absolute Gasteiger partial charge is 0.241 e. The second-order valence-corrected chi connectivity index (χ2v) is 5.02. The Kier molecular flexibility index (Phi) is 5.26. The summed E-state index contributed by atoms with van der Waals surface area (Å²) in [4.78, 5) is 14.2. The second kappa shape index (κ2) is 6.24. The van der Waals surface area contributed by atoms with Gasteiger partial charge < -0.3 is 4.90 Å². The molecule has 0 aliphatic carbocycles. The predicted octanol–water partition coefficient (Wildman–Crippen LogP) is 2.37. The molecule has 1 amide bonds. The maximum Gasteiger partial charge on any atom is 0.241 e. The van der Waals surface area contributed by atoms with Crippen molar-refractivity contribution < 1.29 is 4.79 Å². The SMILES string of the molecule is CCCCC(C)N1CNC(C(C)CC)C1=O. The molecule has 3 nitrogen and oxygen atoms in total. The van der Waals surface area contributed by atoms with Gasteiger partial charge in [0.15, 0.2) is 0 Å². The third-order valence-electron chi connectivity index (χ3n) is 3.75. The van der Waals surface area contributed by atoms with E-state index in [1.807, 2.05) is 4.90 Å². The molecule has 0 aromatic rings. The molecule has 94 valence electrons. The third kappa shape index (κ3) is 2.97. The van der Waals surface area contributed by atoms with E-state index in [-0.39, 0.29) is 6.04 Å². The number of nitrogens with one attached hydrogen (secondary N) is 1. The van der Waals surface area contributed by atoms with Crippen molar-refractivity contribution in [3.8, 4) is 0 Å². The molecule has 1 saturated heterocycles. The van der Waals surface area contributed by atoms with Gasteiger partial charge in [-0.25, -0.2) is 0 Å². The van der Waals surface area contributed by atoms with E-state index >= 15 is 0 Å². The lowest BCUT2D eigenvalue weighted by Crippen LogP contribution is -2.39. The predicted molar refractivity (Wildman–Crippen MR) is 67.1 cm³/mol. The van der Waals surface area contributed by atoms with Gasteiger partial charge in [0, 0.05) is 6.04 Å². The number of carbonyl (C=O) groups is 1. The van der Waals surface area contributed by atoms with Crippen LogP contribution < -0.4 is 5.32 Å². The molecule has 0 saturated carbocycles. The first kappa shape index (κ1) is 13.5. The Bertz CT molecular complexity index is 230. The van der Waals surface area contributed by atoms with Crippen LogP contribution in [0.25, 0.3) is 0 Å². The van der Waals surface area contributed by atoms with Gasteiger partial charge in [-0.3, -0.25) is 10.1 Å². The minimum absolute atomic E-state index is 0.0501. The zero-order valence-corrected chi connectivity index (χ0v) is 11.1. The van der Waals surface area contributed by atoms with Crippen LogP contribution in [0.3, 0.4) is 0 Å². The Morgan fingerprint density at radius 3 is 2.69 bits per heavy atom. The summed E-state index contributed by atoms with van der Waals surface area (Å²) in [5.41, 5.74) is 0. The van der Waals surface area contributed by atoms with Crippen LogP contribution >= 0.6 is 0 Å². The standard InChI is InChI=1S/C13H26N2O/c1-5-7-8-11(4)15-9-14-12(13(15)16)10(3)6-2/h10-12,14H,5-9H2,1-4H3. The molecule has 0 aromatic heterocycles. The van der Waals surface area contributed by atoms with Crippen molar-refractivity contribution in [3.63, 3.8) is 0 Å². The number of hydrogen-bond donors (Lipinski definition) is 1. The average Bonchev–Trinajstić information content (AvgIpc) is 2.67. The van der Waals surface area contributed by atoms with Crippen molar-refractivity contribution in [2.45, 2.75) is 65.5 Å². The van der Waals surface area contributed by atoms with E-state index in [2.05, 4.69) is 33.0 Å². The van der Waals surface area contributed by atoms with Crippen molar-refractivity contribution in [3.05, 3.63) is 0 Å². The van der Waals surface area contributed by atoms with Gasteiger partial charge in [-0.1, -0.05) is 40.0 Å². The summed E-state index contributed by atoms with van der Waals surface area (Å²) in [5, 5.41) is 3.34. The monoisotopic (exact) mass is 226 g/mol. The van der Waals surface area contributed by atoms with Gasteiger partial charge in [0.25, 0.3) is 0 Å². The quantitative estimate of drug-likeness (QED) is 0.754. The van der Waals surface area contributed by atoms with E-state index in [0.29, 0.717) is 17.9 Å². The summed E-state index contributed by atoms with van der Waals surface area (Å²) in [6.07, 6.45) is 4.59. The summed E-state index contributed by atoms with van der Waals surface area (Å²) in [7, 11) is 0. The van der Waals surface area contributed by atoms with Crippen molar-refractivity contribution >= 4 is 5.91 Å². The zero-order valence-electron chi connectivity index (χ0n) is 11.1. The minimum Gasteiger partial charge on any atom is -0.326 e. The normalized spacial score (nSPS) is 24.9. The van der Waals surface area contributed by atoms with Crippen molar-refractivity contribution in [1.82, 2.24) is 10.2 Å². The summed E-state index contributed by atoms with van der Waals surface area (Å²) in [6, 6.07) is 0.433. The first-order chi connectivity index (χ1) is 7.61. The zero-order chi connectivity index (χ0) is 12.1. The van der Waals surface area contributed by atoms with E-state index in [1.54, 1.807) is 0 Å². The summed E-state index contributed by atoms with van der Waals surface area (Å²) in [6.45, 7) is 9.38. The highest BCUT2D eigenvalue weighted by molar-refractivity contribution is 5.84. The topological polar surface area (TPSA) is 32.3 Å². The van der Waals surface area contributed by atoms with Gasteiger partial charge in [0.05, 0.1) is 12.7 Å². The molecule has 0 aromatic carbocycles. The Morgan fingerprint density at radius 2 is 2.12 bits per heavy atom. The Morgan fingerprint density at radius 1 is 1.44 bits per heavy atom. The van der Waals surface area contributed by atoms with Crippen LogP contribution in [0.4, 0.5) is 0 Å². The number of amides is 1. The summed E-state index contributed by atoms with van der Waals surface area (Å²) >= 11 is 0. The molecule has 3 atom stereocenters. The van der Waals surface area contributed by atoms with Crippen molar-refractivity contribution in [2.75, 3.05) is 6.67 Å². The van der Waals surface area contributed by atoms with Crippen molar-refractivity contribution in [2.24, 2.45) is 5.92 Å². The van der Waals surface area contributed by atoms with Crippen LogP contribution in [0, 0.1) is 5.92 Å². The molecule has 0 radical (unpaired) electrons. The largest absolute Gasteiger partial charge is 0.326 e. The van der Waals surface area contributed by atoms with E-state index in [4.69, 9.17) is 0 Å². The van der Waals surface area contributed by atoms with E-state index in [0.717, 1.165) is 19.5 Å². The molecule has 1 aliphatic rings. The molecule has 1 heterocycles. The fourth-order valence-electron chi connectivity index (χ4n) is 2.25. The average molecular weight is 226 g/mol. The molecular formula is C13H26N2O. The van der Waals surface area contributed by atoms with Crippen LogP contribution in [-0.4, -0.2) is 29.6 Å². The maximum absolute atomic E-state index is 12.2. The number of nitrogens with zero attached hydrogens (tertiary/aromatic N) is 1. The molecule has 1 fully saturated rings. The lowest BCUT2D eigenvalue weighted by Gasteiger charge is -2.24. The lowest BCUT2D eigenvalue weighted by atomic mass is 9.99. The Hall–Kier alpha value is -0.570. The molecular weight excluding hydrogens is 200 g/mol. The van der Waals surface area contributed by atoms with Crippen LogP contribution in [0.2, 0.25) is 0 Å². The van der Waals surface area contributed by atoms with Gasteiger partial charge in [0.2, 0.25) is 5.91 Å². The Balaban J connectivity index is 2.49. The summed E-state index contributed by atoms with van der Waals surface area (Å²) in [5.74, 6) is 0.744. The van der Waals surface area contributed by atoms with Crippen molar-refractivity contribution in [1.29, 1.82) is 0 Å². The van der Waals surface area contributed by atoms with E-state index in [1.165, 1.54) is 12.8 Å². The third-order valence-corrected chi connectivity index (χ3v) is 3.75. The number of carbonyl (C=O) groups excluding carboxylic acids is 1. The van der Waals surface area contributed by atoms with E-state index in [9.17, 15) is 4.79 Å². The molecule has 1 N–H and O–H groups in total. The molecule has 1 rings (SSSR count). The number of hydrogen-bond acceptors (Lipinski definition) is 2.